The van der Waals surface area contributed by atoms with Gasteiger partial charge in [-0.3, -0.25) is 9.59 Å². The lowest BCUT2D eigenvalue weighted by atomic mass is 10.2. The van der Waals surface area contributed by atoms with E-state index in [2.05, 4.69) is 5.32 Å². The summed E-state index contributed by atoms with van der Waals surface area (Å²) in [4.78, 5) is 40.0. The second kappa shape index (κ2) is 9.96. The molecule has 1 aromatic carbocycles. The predicted octanol–water partition coefficient (Wildman–Crippen LogP) is 2.97. The number of nitrogens with one attached hydrogen (secondary N) is 1. The van der Waals surface area contributed by atoms with Crippen LogP contribution >= 0.6 is 11.8 Å². The van der Waals surface area contributed by atoms with Crippen LogP contribution in [-0.2, 0) is 14.3 Å². The first-order valence-corrected chi connectivity index (χ1v) is 10.5. The normalized spacial score (nSPS) is 15.6. The molecule has 0 bridgehead atoms. The summed E-state index contributed by atoms with van der Waals surface area (Å²) in [6.07, 6.45) is -0.371. The molecule has 1 saturated heterocycles. The van der Waals surface area contributed by atoms with Crippen LogP contribution in [0, 0.1) is 5.82 Å². The molecule has 0 saturated carbocycles. The Morgan fingerprint density at radius 2 is 1.66 bits per heavy atom. The fourth-order valence-electron chi connectivity index (χ4n) is 2.70. The Morgan fingerprint density at radius 1 is 1.10 bits per heavy atom. The minimum atomic E-state index is -0.552. The van der Waals surface area contributed by atoms with E-state index in [9.17, 15) is 18.8 Å². The first-order chi connectivity index (χ1) is 13.5. The van der Waals surface area contributed by atoms with Crippen LogP contribution in [0.2, 0.25) is 0 Å². The molecule has 1 N–H and O–H groups in total. The summed E-state index contributed by atoms with van der Waals surface area (Å²) in [6.45, 7) is 8.92. The molecule has 0 radical (unpaired) electrons. The number of anilines is 1. The largest absolute Gasteiger partial charge is 0.444 e. The molecule has 1 aliphatic rings. The van der Waals surface area contributed by atoms with Crippen molar-refractivity contribution in [3.8, 4) is 0 Å². The first-order valence-electron chi connectivity index (χ1n) is 9.49. The molecule has 1 fully saturated rings. The maximum absolute atomic E-state index is 12.9. The van der Waals surface area contributed by atoms with Gasteiger partial charge in [0, 0.05) is 31.9 Å². The third kappa shape index (κ3) is 7.56. The number of nitrogens with zero attached hydrogens (tertiary/aromatic N) is 2. The third-order valence-electron chi connectivity index (χ3n) is 4.18. The summed E-state index contributed by atoms with van der Waals surface area (Å²) in [5.41, 5.74) is -0.0433. The molecular formula is C20H28FN3O4S. The van der Waals surface area contributed by atoms with E-state index < -0.39 is 5.60 Å². The zero-order chi connectivity index (χ0) is 21.6. The SMILES string of the molecule is CC(SCC(=O)Nc1ccc(F)cc1)C(=O)N1CCN(C(=O)OC(C)(C)C)CC1. The average Bonchev–Trinajstić information content (AvgIpc) is 2.66. The number of rotatable bonds is 5. The highest BCUT2D eigenvalue weighted by Crippen LogP contribution is 2.17. The van der Waals surface area contributed by atoms with Crippen molar-refractivity contribution in [3.05, 3.63) is 30.1 Å². The maximum Gasteiger partial charge on any atom is 0.410 e. The summed E-state index contributed by atoms with van der Waals surface area (Å²) in [5.74, 6) is -0.574. The summed E-state index contributed by atoms with van der Waals surface area (Å²) in [6, 6.07) is 5.50. The fraction of sp³-hybridized carbons (Fsp3) is 0.550. The molecule has 0 spiro atoms. The van der Waals surface area contributed by atoms with E-state index >= 15 is 0 Å². The van der Waals surface area contributed by atoms with Crippen LogP contribution in [-0.4, -0.2) is 70.5 Å². The van der Waals surface area contributed by atoms with Crippen LogP contribution < -0.4 is 5.32 Å². The van der Waals surface area contributed by atoms with Crippen molar-refractivity contribution in [2.45, 2.75) is 38.5 Å². The van der Waals surface area contributed by atoms with Crippen LogP contribution in [0.4, 0.5) is 14.9 Å². The van der Waals surface area contributed by atoms with Crippen molar-refractivity contribution < 1.29 is 23.5 Å². The zero-order valence-electron chi connectivity index (χ0n) is 17.2. The summed E-state index contributed by atoms with van der Waals surface area (Å²) < 4.78 is 18.3. The molecule has 29 heavy (non-hydrogen) atoms. The second-order valence-electron chi connectivity index (χ2n) is 7.80. The Hall–Kier alpha value is -2.29. The molecule has 7 nitrogen and oxygen atoms in total. The molecule has 0 aliphatic carbocycles. The molecule has 9 heteroatoms. The van der Waals surface area contributed by atoms with Crippen LogP contribution in [0.3, 0.4) is 0 Å². The predicted molar refractivity (Wildman–Crippen MR) is 111 cm³/mol. The van der Waals surface area contributed by atoms with Crippen molar-refractivity contribution in [1.82, 2.24) is 9.80 Å². The van der Waals surface area contributed by atoms with Gasteiger partial charge in [0.25, 0.3) is 0 Å². The zero-order valence-corrected chi connectivity index (χ0v) is 18.1. The number of carbonyl (C=O) groups is 3. The number of amides is 3. The Labute approximate surface area is 174 Å². The van der Waals surface area contributed by atoms with Gasteiger partial charge in [-0.25, -0.2) is 9.18 Å². The number of carbonyl (C=O) groups excluding carboxylic acids is 3. The highest BCUT2D eigenvalue weighted by molar-refractivity contribution is 8.01. The van der Waals surface area contributed by atoms with Crippen LogP contribution in [0.25, 0.3) is 0 Å². The highest BCUT2D eigenvalue weighted by atomic mass is 32.2. The van der Waals surface area contributed by atoms with E-state index in [1.54, 1.807) is 16.7 Å². The Bertz CT molecular complexity index is 728. The molecule has 1 heterocycles. The number of hydrogen-bond donors (Lipinski definition) is 1. The van der Waals surface area contributed by atoms with Gasteiger partial charge in [-0.05, 0) is 52.0 Å². The van der Waals surface area contributed by atoms with Gasteiger partial charge in [0.1, 0.15) is 11.4 Å². The monoisotopic (exact) mass is 425 g/mol. The van der Waals surface area contributed by atoms with Crippen LogP contribution in [0.1, 0.15) is 27.7 Å². The fourth-order valence-corrected chi connectivity index (χ4v) is 3.46. The van der Waals surface area contributed by atoms with Gasteiger partial charge in [-0.15, -0.1) is 11.8 Å². The van der Waals surface area contributed by atoms with E-state index in [4.69, 9.17) is 4.74 Å². The summed E-state index contributed by atoms with van der Waals surface area (Å²) in [7, 11) is 0. The van der Waals surface area contributed by atoms with Gasteiger partial charge in [0.2, 0.25) is 11.8 Å². The summed E-state index contributed by atoms with van der Waals surface area (Å²) >= 11 is 1.24. The lowest BCUT2D eigenvalue weighted by Gasteiger charge is -2.36. The van der Waals surface area contributed by atoms with Gasteiger partial charge in [0.15, 0.2) is 0 Å². The van der Waals surface area contributed by atoms with E-state index in [0.29, 0.717) is 31.9 Å². The number of benzene rings is 1. The third-order valence-corrected chi connectivity index (χ3v) is 5.31. The number of thioether (sulfide) groups is 1. The van der Waals surface area contributed by atoms with Crippen LogP contribution in [0.15, 0.2) is 24.3 Å². The quantitative estimate of drug-likeness (QED) is 0.785. The molecule has 3 amide bonds. The molecular weight excluding hydrogens is 397 g/mol. The van der Waals surface area contributed by atoms with Crippen molar-refractivity contribution >= 4 is 35.4 Å². The number of hydrogen-bond acceptors (Lipinski definition) is 5. The smallest absolute Gasteiger partial charge is 0.410 e. The van der Waals surface area contributed by atoms with Gasteiger partial charge < -0.3 is 19.9 Å². The van der Waals surface area contributed by atoms with Gasteiger partial charge in [-0.1, -0.05) is 0 Å². The van der Waals surface area contributed by atoms with E-state index in [0.717, 1.165) is 0 Å². The number of piperazine rings is 1. The average molecular weight is 426 g/mol. The lowest BCUT2D eigenvalue weighted by Crippen LogP contribution is -2.53. The van der Waals surface area contributed by atoms with Crippen LogP contribution in [0.5, 0.6) is 0 Å². The topological polar surface area (TPSA) is 79.0 Å². The Kier molecular flexibility index (Phi) is 7.89. The number of ether oxygens (including phenoxy) is 1. The molecule has 1 unspecified atom stereocenters. The van der Waals surface area contributed by atoms with E-state index in [1.165, 1.54) is 36.0 Å². The van der Waals surface area contributed by atoms with Gasteiger partial charge in [-0.2, -0.15) is 0 Å². The molecule has 160 valence electrons. The minimum Gasteiger partial charge on any atom is -0.444 e. The van der Waals surface area contributed by atoms with Crippen molar-refractivity contribution in [2.24, 2.45) is 0 Å². The van der Waals surface area contributed by atoms with Gasteiger partial charge >= 0.3 is 6.09 Å². The first kappa shape index (κ1) is 23.0. The Balaban J connectivity index is 1.74. The lowest BCUT2D eigenvalue weighted by molar-refractivity contribution is -0.132. The minimum absolute atomic E-state index is 0.0616. The molecule has 1 aliphatic heterocycles. The molecule has 1 aromatic rings. The molecule has 2 rings (SSSR count). The standard InChI is InChI=1S/C20H28FN3O4S/c1-14(29-13-17(25)22-16-7-5-15(21)6-8-16)18(26)23-9-11-24(12-10-23)19(27)28-20(2,3)4/h5-8,14H,9-13H2,1-4H3,(H,22,25). The van der Waals surface area contributed by atoms with Crippen molar-refractivity contribution in [1.29, 1.82) is 0 Å². The van der Waals surface area contributed by atoms with Crippen molar-refractivity contribution in [2.75, 3.05) is 37.2 Å². The maximum atomic E-state index is 12.9. The second-order valence-corrected chi connectivity index (χ2v) is 9.13. The molecule has 1 atom stereocenters. The molecule has 0 aromatic heterocycles. The van der Waals surface area contributed by atoms with E-state index in [-0.39, 0.29) is 34.7 Å². The summed E-state index contributed by atoms with van der Waals surface area (Å²) in [5, 5.41) is 2.28. The van der Waals surface area contributed by atoms with Gasteiger partial charge in [0.05, 0.1) is 11.0 Å². The number of halogens is 1. The van der Waals surface area contributed by atoms with E-state index in [1.807, 2.05) is 20.8 Å². The Morgan fingerprint density at radius 3 is 2.21 bits per heavy atom. The van der Waals surface area contributed by atoms with Crippen molar-refractivity contribution in [3.63, 3.8) is 0 Å². The highest BCUT2D eigenvalue weighted by Gasteiger charge is 2.29.